The number of imidazole rings is 1. The molecule has 4 aromatic rings. The highest BCUT2D eigenvalue weighted by molar-refractivity contribution is 6.03. The molecular weight excluding hydrogens is 284 g/mol. The van der Waals surface area contributed by atoms with Crippen molar-refractivity contribution in [3.8, 4) is 11.1 Å². The summed E-state index contributed by atoms with van der Waals surface area (Å²) < 4.78 is 11.5. The van der Waals surface area contributed by atoms with Crippen LogP contribution in [0.3, 0.4) is 0 Å². The second kappa shape index (κ2) is 4.88. The zero-order valence-electron chi connectivity index (χ0n) is 11.3. The van der Waals surface area contributed by atoms with E-state index in [1.807, 2.05) is 24.4 Å². The summed E-state index contributed by atoms with van der Waals surface area (Å²) in [6, 6.07) is 5.64. The van der Waals surface area contributed by atoms with Gasteiger partial charge in [0.2, 0.25) is 0 Å². The molecule has 0 aliphatic carbocycles. The van der Waals surface area contributed by atoms with Crippen molar-refractivity contribution in [3.05, 3.63) is 61.3 Å². The fraction of sp³-hybridized carbons (Fsp3) is 0. The largest absolute Gasteiger partial charge is 0.472 e. The van der Waals surface area contributed by atoms with Crippen LogP contribution in [0.2, 0.25) is 0 Å². The highest BCUT2D eigenvalue weighted by Crippen LogP contribution is 2.20. The van der Waals surface area contributed by atoms with Crippen molar-refractivity contribution in [2.24, 2.45) is 0 Å². The molecule has 4 heterocycles. The predicted octanol–water partition coefficient (Wildman–Crippen LogP) is 2.83. The molecule has 108 valence electrons. The minimum Gasteiger partial charge on any atom is -0.472 e. The molecule has 0 unspecified atom stereocenters. The van der Waals surface area contributed by atoms with E-state index in [-0.39, 0.29) is 5.91 Å². The van der Waals surface area contributed by atoms with Gasteiger partial charge in [-0.25, -0.2) is 4.98 Å². The molecule has 1 N–H and O–H groups in total. The summed E-state index contributed by atoms with van der Waals surface area (Å²) in [6.45, 7) is 0. The molecule has 4 rings (SSSR count). The molecule has 0 bridgehead atoms. The molecule has 0 radical (unpaired) electrons. The molecule has 0 aliphatic rings. The topological polar surface area (TPSA) is 85.6 Å². The zero-order valence-corrected chi connectivity index (χ0v) is 11.3. The van der Waals surface area contributed by atoms with Gasteiger partial charge in [-0.15, -0.1) is 0 Å². The van der Waals surface area contributed by atoms with Crippen LogP contribution in [0, 0.1) is 0 Å². The number of carbonyl (C=O) groups is 1. The van der Waals surface area contributed by atoms with E-state index in [1.165, 1.54) is 12.5 Å². The molecule has 0 atom stereocenters. The smallest absolute Gasteiger partial charge is 0.276 e. The van der Waals surface area contributed by atoms with E-state index in [9.17, 15) is 4.79 Å². The summed E-state index contributed by atoms with van der Waals surface area (Å²) in [4.78, 5) is 16.4. The van der Waals surface area contributed by atoms with Gasteiger partial charge in [0.25, 0.3) is 5.91 Å². The molecule has 7 heteroatoms. The quantitative estimate of drug-likeness (QED) is 0.628. The van der Waals surface area contributed by atoms with Crippen LogP contribution in [0.1, 0.15) is 10.5 Å². The maximum absolute atomic E-state index is 12.1. The maximum Gasteiger partial charge on any atom is 0.276 e. The van der Waals surface area contributed by atoms with Gasteiger partial charge in [0, 0.05) is 23.5 Å². The van der Waals surface area contributed by atoms with Crippen molar-refractivity contribution in [2.75, 3.05) is 5.32 Å². The van der Waals surface area contributed by atoms with Gasteiger partial charge in [-0.2, -0.15) is 0 Å². The molecule has 0 aliphatic heterocycles. The normalized spacial score (nSPS) is 10.9. The first-order chi connectivity index (χ1) is 10.8. The van der Waals surface area contributed by atoms with Gasteiger partial charge in [-0.1, -0.05) is 5.16 Å². The molecule has 0 saturated heterocycles. The Labute approximate surface area is 124 Å². The first-order valence-corrected chi connectivity index (χ1v) is 6.52. The highest BCUT2D eigenvalue weighted by Gasteiger charge is 2.12. The Balaban J connectivity index is 1.67. The average molecular weight is 294 g/mol. The highest BCUT2D eigenvalue weighted by atomic mass is 16.5. The fourth-order valence-electron chi connectivity index (χ4n) is 2.16. The van der Waals surface area contributed by atoms with Gasteiger partial charge in [-0.05, 0) is 18.2 Å². The summed E-state index contributed by atoms with van der Waals surface area (Å²) in [5.74, 6) is -0.322. The number of rotatable bonds is 3. The third-order valence-corrected chi connectivity index (χ3v) is 3.23. The lowest BCUT2D eigenvalue weighted by Gasteiger charge is -1.98. The molecule has 0 spiro atoms. The Morgan fingerprint density at radius 2 is 2.09 bits per heavy atom. The van der Waals surface area contributed by atoms with Gasteiger partial charge < -0.3 is 18.7 Å². The maximum atomic E-state index is 12.1. The van der Waals surface area contributed by atoms with E-state index in [0.29, 0.717) is 17.0 Å². The molecule has 1 amide bonds. The minimum absolute atomic E-state index is 0.311. The lowest BCUT2D eigenvalue weighted by Crippen LogP contribution is -2.11. The molecule has 7 nitrogen and oxygen atoms in total. The Hall–Kier alpha value is -3.35. The van der Waals surface area contributed by atoms with Gasteiger partial charge in [-0.3, -0.25) is 4.79 Å². The summed E-state index contributed by atoms with van der Waals surface area (Å²) >= 11 is 0. The zero-order chi connectivity index (χ0) is 14.9. The number of amides is 1. The van der Waals surface area contributed by atoms with E-state index in [2.05, 4.69) is 20.0 Å². The van der Waals surface area contributed by atoms with Gasteiger partial charge in [0.05, 0.1) is 18.7 Å². The van der Waals surface area contributed by atoms with Crippen molar-refractivity contribution < 1.29 is 13.7 Å². The average Bonchev–Trinajstić information content (AvgIpc) is 3.27. The van der Waals surface area contributed by atoms with Crippen LogP contribution in [0.15, 0.2) is 64.5 Å². The van der Waals surface area contributed by atoms with Crippen molar-refractivity contribution in [1.82, 2.24) is 14.5 Å². The van der Waals surface area contributed by atoms with E-state index in [1.54, 1.807) is 23.1 Å². The Bertz CT molecular complexity index is 923. The second-order valence-electron chi connectivity index (χ2n) is 4.69. The minimum atomic E-state index is -0.322. The van der Waals surface area contributed by atoms with Crippen LogP contribution in [0.5, 0.6) is 0 Å². The summed E-state index contributed by atoms with van der Waals surface area (Å²) in [5.41, 5.74) is 3.42. The predicted molar refractivity (Wildman–Crippen MR) is 77.4 cm³/mol. The number of hydrogen-bond donors (Lipinski definition) is 1. The number of hydrogen-bond acceptors (Lipinski definition) is 5. The lowest BCUT2D eigenvalue weighted by molar-refractivity contribution is 0.102. The first-order valence-electron chi connectivity index (χ1n) is 6.52. The number of nitrogens with one attached hydrogen (secondary N) is 1. The van der Waals surface area contributed by atoms with Crippen LogP contribution in [0.4, 0.5) is 5.69 Å². The molecule has 4 aromatic heterocycles. The van der Waals surface area contributed by atoms with Crippen molar-refractivity contribution >= 4 is 17.2 Å². The Kier molecular flexibility index (Phi) is 2.75. The molecule has 22 heavy (non-hydrogen) atoms. The molecule has 0 fully saturated rings. The number of pyridine rings is 1. The Morgan fingerprint density at radius 3 is 2.86 bits per heavy atom. The number of aromatic nitrogens is 3. The number of fused-ring (bicyclic) bond motifs is 1. The van der Waals surface area contributed by atoms with Crippen molar-refractivity contribution in [1.29, 1.82) is 0 Å². The van der Waals surface area contributed by atoms with E-state index in [4.69, 9.17) is 4.42 Å². The van der Waals surface area contributed by atoms with Crippen molar-refractivity contribution in [2.45, 2.75) is 0 Å². The Morgan fingerprint density at radius 1 is 1.14 bits per heavy atom. The first kappa shape index (κ1) is 12.4. The van der Waals surface area contributed by atoms with Crippen LogP contribution in [0.25, 0.3) is 16.8 Å². The summed E-state index contributed by atoms with van der Waals surface area (Å²) in [7, 11) is 0. The summed E-state index contributed by atoms with van der Waals surface area (Å²) in [5, 5.41) is 6.18. The fourth-order valence-corrected chi connectivity index (χ4v) is 2.16. The van der Waals surface area contributed by atoms with Gasteiger partial charge in [0.15, 0.2) is 0 Å². The number of nitrogens with zero attached hydrogens (tertiary/aromatic N) is 3. The lowest BCUT2D eigenvalue weighted by atomic mass is 10.1. The number of carbonyl (C=O) groups excluding carboxylic acids is 1. The second-order valence-corrected chi connectivity index (χ2v) is 4.69. The van der Waals surface area contributed by atoms with Gasteiger partial charge in [0.1, 0.15) is 23.3 Å². The van der Waals surface area contributed by atoms with Crippen LogP contribution < -0.4 is 5.32 Å². The monoisotopic (exact) mass is 294 g/mol. The number of furan rings is 1. The molecule has 0 saturated carbocycles. The van der Waals surface area contributed by atoms with Crippen LogP contribution >= 0.6 is 0 Å². The third kappa shape index (κ3) is 2.14. The van der Waals surface area contributed by atoms with E-state index >= 15 is 0 Å². The van der Waals surface area contributed by atoms with Crippen LogP contribution in [-0.4, -0.2) is 20.4 Å². The van der Waals surface area contributed by atoms with Crippen LogP contribution in [-0.2, 0) is 0 Å². The summed E-state index contributed by atoms with van der Waals surface area (Å²) in [6.07, 6.45) is 9.61. The third-order valence-electron chi connectivity index (χ3n) is 3.23. The van der Waals surface area contributed by atoms with Crippen molar-refractivity contribution in [3.63, 3.8) is 0 Å². The van der Waals surface area contributed by atoms with E-state index in [0.717, 1.165) is 11.1 Å². The molecular formula is C15H10N4O3. The standard InChI is InChI=1S/C15H10N4O3/c20-15(17-12-5-16-22-9-12)13-7-19-6-10(1-2-14(19)18-13)11-3-4-21-8-11/h1-9H,(H,17,20). The SMILES string of the molecule is O=C(Nc1cnoc1)c1cn2cc(-c3ccoc3)ccc2n1. The van der Waals surface area contributed by atoms with E-state index < -0.39 is 0 Å². The number of anilines is 1. The van der Waals surface area contributed by atoms with Gasteiger partial charge >= 0.3 is 0 Å². The molecule has 0 aromatic carbocycles.